The number of aromatic amines is 2. The van der Waals surface area contributed by atoms with E-state index < -0.39 is 34.0 Å². The highest BCUT2D eigenvalue weighted by Crippen LogP contribution is 2.59. The predicted molar refractivity (Wildman–Crippen MR) is 190 cm³/mol. The maximum Gasteiger partial charge on any atom is 0.338 e. The molecule has 1 aliphatic carbocycles. The number of esters is 2. The molecule has 4 aliphatic rings. The Morgan fingerprint density at radius 3 is 2.53 bits per heavy atom. The van der Waals surface area contributed by atoms with Gasteiger partial charge in [-0.25, -0.2) is 4.79 Å². The fourth-order valence-corrected chi connectivity index (χ4v) is 10.4. The Hall–Kier alpha value is -3.47. The summed E-state index contributed by atoms with van der Waals surface area (Å²) in [5.74, 6) is -1.52. The van der Waals surface area contributed by atoms with Gasteiger partial charge in [0.25, 0.3) is 0 Å². The van der Waals surface area contributed by atoms with E-state index in [1.807, 2.05) is 38.1 Å². The number of nitrogens with one attached hydrogen (secondary N) is 4. The Balaban J connectivity index is 1.56. The summed E-state index contributed by atoms with van der Waals surface area (Å²) in [6.07, 6.45) is 9.59. The van der Waals surface area contributed by atoms with Gasteiger partial charge in [-0.3, -0.25) is 14.9 Å². The van der Waals surface area contributed by atoms with Gasteiger partial charge in [0, 0.05) is 57.5 Å². The zero-order valence-electron chi connectivity index (χ0n) is 30.5. The number of nitrogens with zero attached hydrogens (tertiary/aromatic N) is 1. The fraction of sp³-hybridized carbons (Fsp3) is 0.615. The van der Waals surface area contributed by atoms with E-state index in [-0.39, 0.29) is 42.0 Å². The molecule has 2 aromatic rings. The van der Waals surface area contributed by atoms with Crippen LogP contribution in [0.3, 0.4) is 0 Å². The second kappa shape index (κ2) is 12.4. The van der Waals surface area contributed by atoms with Crippen molar-refractivity contribution in [2.24, 2.45) is 17.8 Å². The van der Waals surface area contributed by atoms with Crippen LogP contribution >= 0.6 is 0 Å². The van der Waals surface area contributed by atoms with Crippen LogP contribution < -0.4 is 21.3 Å². The van der Waals surface area contributed by atoms with Gasteiger partial charge >= 0.3 is 11.9 Å². The number of methoxy groups -OCH3 is 1. The van der Waals surface area contributed by atoms with Crippen LogP contribution in [0.4, 0.5) is 0 Å². The van der Waals surface area contributed by atoms with Crippen LogP contribution in [0.5, 0.6) is 0 Å². The summed E-state index contributed by atoms with van der Waals surface area (Å²) in [7, 11) is 5.17. The molecule has 2 saturated heterocycles. The first-order chi connectivity index (χ1) is 23.1. The number of carbonyl (C=O) groups excluding carboxylic acids is 3. The Bertz CT molecular complexity index is 1780. The van der Waals surface area contributed by atoms with Crippen LogP contribution in [0.25, 0.3) is 12.2 Å². The van der Waals surface area contributed by atoms with Crippen molar-refractivity contribution >= 4 is 29.9 Å². The molecule has 8 unspecified atom stereocenters. The number of carbonyl (C=O) groups is 3. The molecule has 6 rings (SSSR count). The lowest BCUT2D eigenvalue weighted by atomic mass is 9.61. The number of likely N-dealkylation sites (N-methyl/N-ethyl adjacent to an activating group) is 1. The minimum absolute atomic E-state index is 0.0955. The molecular weight excluding hydrogens is 618 g/mol. The van der Waals surface area contributed by atoms with Crippen molar-refractivity contribution in [1.82, 2.24) is 25.5 Å². The van der Waals surface area contributed by atoms with Crippen molar-refractivity contribution < 1.29 is 23.9 Å². The number of ether oxygens (including phenoxy) is 2. The average Bonchev–Trinajstić information content (AvgIpc) is 3.83. The molecule has 3 aliphatic heterocycles. The van der Waals surface area contributed by atoms with E-state index in [2.05, 4.69) is 73.1 Å². The summed E-state index contributed by atoms with van der Waals surface area (Å²) < 4.78 is 11.0. The van der Waals surface area contributed by atoms with Gasteiger partial charge in [0.15, 0.2) is 11.3 Å². The van der Waals surface area contributed by atoms with Gasteiger partial charge in [0.05, 0.1) is 12.6 Å². The molecular formula is C39H55N5O5. The Kier molecular flexibility index (Phi) is 8.94. The molecule has 5 heterocycles. The molecule has 4 N–H and O–H groups in total. The van der Waals surface area contributed by atoms with Crippen LogP contribution in [0.1, 0.15) is 83.7 Å². The van der Waals surface area contributed by atoms with E-state index in [0.717, 1.165) is 30.3 Å². The van der Waals surface area contributed by atoms with Crippen LogP contribution in [-0.2, 0) is 35.7 Å². The second-order valence-corrected chi connectivity index (χ2v) is 15.9. The maximum absolute atomic E-state index is 14.7. The standard InChI is InChI=1S/C39H55N5O5/c1-10-30-24(3)39(11-2)35(5)16-14-26-20-29(41-32(26)35)21-27-12-13-28(40-27)22-38(34(47)48-9)33(46)25(4)37(43-38,23-36(30,6)42-39)17-15-31(45)49-19-18-44(7)8/h11-13,20-22,24-25,30,40-43H,2,10,14-19,23H2,1,3-9H3/b27-21-,28-22-. The number of hydrogen-bond acceptors (Lipinski definition) is 8. The van der Waals surface area contributed by atoms with E-state index in [1.165, 1.54) is 18.4 Å². The summed E-state index contributed by atoms with van der Waals surface area (Å²) in [6, 6.07) is 6.07. The van der Waals surface area contributed by atoms with Crippen molar-refractivity contribution in [2.75, 3.05) is 34.4 Å². The first-order valence-corrected chi connectivity index (χ1v) is 17.9. The van der Waals surface area contributed by atoms with E-state index in [9.17, 15) is 14.4 Å². The highest BCUT2D eigenvalue weighted by atomic mass is 16.5. The number of rotatable bonds is 9. The maximum atomic E-state index is 14.7. The molecule has 8 atom stereocenters. The molecule has 0 radical (unpaired) electrons. The number of Topliss-reactive ketones (excluding diaryl/α,β-unsaturated/α-hetero) is 1. The monoisotopic (exact) mass is 673 g/mol. The zero-order chi connectivity index (χ0) is 35.6. The second-order valence-electron chi connectivity index (χ2n) is 15.9. The third-order valence-corrected chi connectivity index (χ3v) is 12.9. The van der Waals surface area contributed by atoms with Gasteiger partial charge in [-0.15, -0.1) is 6.58 Å². The van der Waals surface area contributed by atoms with Crippen LogP contribution in [0, 0.1) is 17.8 Å². The van der Waals surface area contributed by atoms with E-state index in [4.69, 9.17) is 9.47 Å². The van der Waals surface area contributed by atoms with Crippen molar-refractivity contribution in [1.29, 1.82) is 0 Å². The number of aryl methyl sites for hydroxylation is 1. The largest absolute Gasteiger partial charge is 0.467 e. The molecule has 0 aromatic carbocycles. The molecule has 8 bridgehead atoms. The van der Waals surface area contributed by atoms with Gasteiger partial charge in [-0.1, -0.05) is 40.2 Å². The zero-order valence-corrected chi connectivity index (χ0v) is 30.5. The molecule has 10 heteroatoms. The molecule has 10 nitrogen and oxygen atoms in total. The normalized spacial score (nSPS) is 37.7. The third kappa shape index (κ3) is 5.36. The summed E-state index contributed by atoms with van der Waals surface area (Å²) in [4.78, 5) is 50.9. The number of hydrogen-bond donors (Lipinski definition) is 4. The summed E-state index contributed by atoms with van der Waals surface area (Å²) in [5.41, 5.74) is -0.409. The molecule has 0 spiro atoms. The predicted octanol–water partition coefficient (Wildman–Crippen LogP) is 2.85. The summed E-state index contributed by atoms with van der Waals surface area (Å²) in [5, 5.41) is 9.30. The molecule has 266 valence electrons. The van der Waals surface area contributed by atoms with Gasteiger partial charge in [0.1, 0.15) is 6.61 Å². The lowest BCUT2D eigenvalue weighted by Gasteiger charge is -2.48. The average molecular weight is 674 g/mol. The van der Waals surface area contributed by atoms with Gasteiger partial charge in [-0.05, 0) is 94.5 Å². The van der Waals surface area contributed by atoms with Crippen molar-refractivity contribution in [3.8, 4) is 0 Å². The third-order valence-electron chi connectivity index (χ3n) is 12.9. The highest BCUT2D eigenvalue weighted by molar-refractivity contribution is 6.17. The quantitative estimate of drug-likeness (QED) is 0.182. The van der Waals surface area contributed by atoms with Crippen molar-refractivity contribution in [3.63, 3.8) is 0 Å². The SMILES string of the molecule is C=CC12NC(C)(CC3(CCC(=O)OCCN(C)C)NC(C(=O)OC)(/C=c4/cc/c([nH]4)=C/c4cc5c([nH]4)C1(C)CC5)C(=O)C3C)C(CC)C2C. The first kappa shape index (κ1) is 35.4. The fourth-order valence-electron chi connectivity index (χ4n) is 10.4. The molecule has 0 amide bonds. The highest BCUT2D eigenvalue weighted by Gasteiger charge is 2.68. The van der Waals surface area contributed by atoms with E-state index in [1.54, 1.807) is 6.08 Å². The lowest BCUT2D eigenvalue weighted by Crippen LogP contribution is -2.64. The number of aromatic nitrogens is 2. The van der Waals surface area contributed by atoms with Gasteiger partial charge in [-0.2, -0.15) is 0 Å². The minimum atomic E-state index is -1.76. The number of H-pyrrole nitrogens is 2. The Morgan fingerprint density at radius 1 is 1.12 bits per heavy atom. The number of fused-ring (bicyclic) bond motifs is 8. The lowest BCUT2D eigenvalue weighted by molar-refractivity contribution is -0.148. The molecule has 49 heavy (non-hydrogen) atoms. The summed E-state index contributed by atoms with van der Waals surface area (Å²) >= 11 is 0. The van der Waals surface area contributed by atoms with Gasteiger partial charge < -0.3 is 29.7 Å². The van der Waals surface area contributed by atoms with Crippen LogP contribution in [-0.4, -0.2) is 89.1 Å². The van der Waals surface area contributed by atoms with Crippen molar-refractivity contribution in [2.45, 2.75) is 101 Å². The van der Waals surface area contributed by atoms with Crippen LogP contribution in [0.2, 0.25) is 0 Å². The van der Waals surface area contributed by atoms with Gasteiger partial charge in [0.2, 0.25) is 0 Å². The molecule has 0 saturated carbocycles. The minimum Gasteiger partial charge on any atom is -0.467 e. The smallest absolute Gasteiger partial charge is 0.338 e. The van der Waals surface area contributed by atoms with E-state index >= 15 is 0 Å². The molecule has 2 fully saturated rings. The topological polar surface area (TPSA) is 129 Å². The van der Waals surface area contributed by atoms with Crippen molar-refractivity contribution in [3.05, 3.63) is 58.5 Å². The number of ketones is 1. The van der Waals surface area contributed by atoms with Crippen LogP contribution in [0.15, 0.2) is 30.9 Å². The molecule has 2 aromatic heterocycles. The first-order valence-electron chi connectivity index (χ1n) is 17.9. The van der Waals surface area contributed by atoms with E-state index in [0.29, 0.717) is 24.7 Å². The summed E-state index contributed by atoms with van der Waals surface area (Å²) in [6.45, 7) is 16.4. The Labute approximate surface area is 290 Å². The Morgan fingerprint density at radius 2 is 1.86 bits per heavy atom.